The number of anilines is 6. The Morgan fingerprint density at radius 2 is 0.438 bits per heavy atom. The summed E-state index contributed by atoms with van der Waals surface area (Å²) in [4.78, 5) is 4.93. The highest BCUT2D eigenvalue weighted by molar-refractivity contribution is 5.87. The lowest BCUT2D eigenvalue weighted by Crippen LogP contribution is -2.15. The molecule has 0 heterocycles. The van der Waals surface area contributed by atoms with Crippen LogP contribution in [0, 0.1) is 83.1 Å². The monoisotopic (exact) mass is 834 g/mol. The van der Waals surface area contributed by atoms with Crippen LogP contribution in [-0.4, -0.2) is 0 Å². The topological polar surface area (TPSA) is 6.48 Å². The summed E-state index contributed by atoms with van der Waals surface area (Å²) in [5.74, 6) is 0. The molecule has 0 amide bonds. The third kappa shape index (κ3) is 8.97. The zero-order valence-electron chi connectivity index (χ0n) is 39.9. The van der Waals surface area contributed by atoms with Gasteiger partial charge in [-0.05, 0) is 185 Å². The van der Waals surface area contributed by atoms with Gasteiger partial charge in [-0.1, -0.05) is 156 Å². The van der Waals surface area contributed by atoms with Gasteiger partial charge in [-0.15, -0.1) is 0 Å². The van der Waals surface area contributed by atoms with Crippen LogP contribution >= 0.6 is 0 Å². The summed E-state index contributed by atoms with van der Waals surface area (Å²) in [6, 6.07) is 54.2. The second kappa shape index (κ2) is 18.1. The summed E-state index contributed by atoms with van der Waals surface area (Å²) in [6.45, 7) is 26.6. The first-order chi connectivity index (χ1) is 30.6. The van der Waals surface area contributed by atoms with Crippen LogP contribution < -0.4 is 9.80 Å². The van der Waals surface area contributed by atoms with Crippen molar-refractivity contribution < 1.29 is 0 Å². The van der Waals surface area contributed by atoms with E-state index in [1.807, 2.05) is 0 Å². The van der Waals surface area contributed by atoms with Gasteiger partial charge in [-0.25, -0.2) is 0 Å². The molecule has 0 N–H and O–H groups in total. The number of hydrogen-bond acceptors (Lipinski definition) is 2. The van der Waals surface area contributed by atoms with E-state index < -0.39 is 0 Å². The van der Waals surface area contributed by atoms with E-state index in [9.17, 15) is 0 Å². The molecular formula is C62H62N2. The van der Waals surface area contributed by atoms with Gasteiger partial charge in [0.1, 0.15) is 0 Å². The molecule has 0 aliphatic heterocycles. The molecule has 8 aromatic rings. The van der Waals surface area contributed by atoms with Crippen LogP contribution in [0.3, 0.4) is 0 Å². The maximum Gasteiger partial charge on any atom is 0.0520 e. The number of nitrogens with zero attached hydrogens (tertiary/aromatic N) is 2. The number of benzene rings is 8. The fourth-order valence-corrected chi connectivity index (χ4v) is 10.2. The van der Waals surface area contributed by atoms with E-state index in [1.54, 1.807) is 0 Å². The lowest BCUT2D eigenvalue weighted by atomic mass is 9.98. The van der Waals surface area contributed by atoms with Gasteiger partial charge < -0.3 is 9.80 Å². The zero-order chi connectivity index (χ0) is 45.4. The third-order valence-corrected chi connectivity index (χ3v) is 12.6. The molecule has 0 atom stereocenters. The van der Waals surface area contributed by atoms with Crippen molar-refractivity contribution in [1.82, 2.24) is 0 Å². The Labute approximate surface area is 383 Å². The van der Waals surface area contributed by atoms with E-state index >= 15 is 0 Å². The Bertz CT molecular complexity index is 2600. The highest BCUT2D eigenvalue weighted by Gasteiger charge is 2.23. The minimum absolute atomic E-state index is 1.16. The van der Waals surface area contributed by atoms with Crippen molar-refractivity contribution in [2.45, 2.75) is 83.1 Å². The standard InChI is InChI=1S/C62H62N2/c1-39-31-43(5)59(44(6)32-39)63(60-45(7)33-40(2)34-46(60)8)57-27-23-55(24-28-57)53-19-15-51(16-20-53)13-14-52-17-21-54(22-18-52)56-25-29-58(30-26-56)64(61-47(9)35-41(3)36-48(61)10)62-49(11)37-42(4)38-50(62)12/h13-38H,1-12H3/b14-13+. The Hall–Kier alpha value is -6.90. The van der Waals surface area contributed by atoms with Crippen molar-refractivity contribution in [2.24, 2.45) is 0 Å². The Kier molecular flexibility index (Phi) is 12.3. The lowest BCUT2D eigenvalue weighted by Gasteiger charge is -2.32. The molecule has 0 radical (unpaired) electrons. The maximum atomic E-state index is 2.46. The van der Waals surface area contributed by atoms with Gasteiger partial charge in [0, 0.05) is 11.4 Å². The largest absolute Gasteiger partial charge is 0.309 e. The summed E-state index contributed by atoms with van der Waals surface area (Å²) in [6.07, 6.45) is 4.40. The second-order valence-corrected chi connectivity index (χ2v) is 18.3. The van der Waals surface area contributed by atoms with Crippen molar-refractivity contribution in [3.8, 4) is 22.3 Å². The van der Waals surface area contributed by atoms with Gasteiger partial charge in [-0.3, -0.25) is 0 Å². The molecule has 2 heteroatoms. The predicted octanol–water partition coefficient (Wildman–Crippen LogP) is 17.8. The van der Waals surface area contributed by atoms with Crippen LogP contribution in [0.2, 0.25) is 0 Å². The van der Waals surface area contributed by atoms with Crippen LogP contribution in [-0.2, 0) is 0 Å². The van der Waals surface area contributed by atoms with E-state index in [0.717, 1.165) is 11.4 Å². The zero-order valence-corrected chi connectivity index (χ0v) is 39.9. The molecule has 2 nitrogen and oxygen atoms in total. The summed E-state index contributed by atoms with van der Waals surface area (Å²) in [7, 11) is 0. The first-order valence-electron chi connectivity index (χ1n) is 22.7. The molecule has 0 spiro atoms. The van der Waals surface area contributed by atoms with E-state index in [1.165, 1.54) is 123 Å². The van der Waals surface area contributed by atoms with Gasteiger partial charge in [0.05, 0.1) is 22.7 Å². The highest BCUT2D eigenvalue weighted by Crippen LogP contribution is 2.45. The van der Waals surface area contributed by atoms with E-state index in [4.69, 9.17) is 0 Å². The SMILES string of the molecule is Cc1cc(C)c(N(c2ccc(-c3ccc(/C=C/c4ccc(-c5ccc(N(c6c(C)cc(C)cc6C)c6c(C)cc(C)cc6C)cc5)cc4)cc3)cc2)c2c(C)cc(C)cc2C)c(C)c1. The predicted molar refractivity (Wildman–Crippen MR) is 279 cm³/mol. The molecule has 0 saturated heterocycles. The van der Waals surface area contributed by atoms with Crippen LogP contribution in [0.5, 0.6) is 0 Å². The molecule has 0 aromatic heterocycles. The van der Waals surface area contributed by atoms with Crippen LogP contribution in [0.15, 0.2) is 146 Å². The van der Waals surface area contributed by atoms with Gasteiger partial charge in [0.25, 0.3) is 0 Å². The van der Waals surface area contributed by atoms with Crippen LogP contribution in [0.25, 0.3) is 34.4 Å². The van der Waals surface area contributed by atoms with Crippen molar-refractivity contribution in [1.29, 1.82) is 0 Å². The molecule has 0 unspecified atom stereocenters. The normalized spacial score (nSPS) is 11.4. The lowest BCUT2D eigenvalue weighted by molar-refractivity contribution is 1.16. The molecule has 8 aromatic carbocycles. The number of rotatable bonds is 10. The molecular weight excluding hydrogens is 773 g/mol. The van der Waals surface area contributed by atoms with Crippen molar-refractivity contribution in [3.63, 3.8) is 0 Å². The smallest absolute Gasteiger partial charge is 0.0520 e. The maximum absolute atomic E-state index is 2.46. The molecule has 320 valence electrons. The third-order valence-electron chi connectivity index (χ3n) is 12.6. The van der Waals surface area contributed by atoms with Gasteiger partial charge >= 0.3 is 0 Å². The fourth-order valence-electron chi connectivity index (χ4n) is 10.2. The summed E-state index contributed by atoms with van der Waals surface area (Å²) in [5.41, 5.74) is 29.9. The van der Waals surface area contributed by atoms with E-state index in [-0.39, 0.29) is 0 Å². The number of hydrogen-bond donors (Lipinski definition) is 0. The summed E-state index contributed by atoms with van der Waals surface area (Å²) in [5, 5.41) is 0. The van der Waals surface area contributed by atoms with Gasteiger partial charge in [0.2, 0.25) is 0 Å². The minimum atomic E-state index is 1.16. The van der Waals surface area contributed by atoms with E-state index in [0.29, 0.717) is 0 Å². The molecule has 0 fully saturated rings. The Balaban J connectivity index is 0.994. The molecule has 0 saturated carbocycles. The quantitative estimate of drug-likeness (QED) is 0.127. The van der Waals surface area contributed by atoms with Crippen LogP contribution in [0.4, 0.5) is 34.1 Å². The number of aryl methyl sites for hydroxylation is 12. The molecule has 0 aliphatic carbocycles. The Morgan fingerprint density at radius 3 is 0.641 bits per heavy atom. The minimum Gasteiger partial charge on any atom is -0.309 e. The summed E-state index contributed by atoms with van der Waals surface area (Å²) >= 11 is 0. The van der Waals surface area contributed by atoms with E-state index in [2.05, 4.69) is 251 Å². The average molecular weight is 835 g/mol. The summed E-state index contributed by atoms with van der Waals surface area (Å²) < 4.78 is 0. The Morgan fingerprint density at radius 1 is 0.250 bits per heavy atom. The first-order valence-corrected chi connectivity index (χ1v) is 22.7. The molecule has 0 bridgehead atoms. The van der Waals surface area contributed by atoms with Crippen molar-refractivity contribution in [2.75, 3.05) is 9.80 Å². The average Bonchev–Trinajstić information content (AvgIpc) is 3.24. The highest BCUT2D eigenvalue weighted by atomic mass is 15.2. The fraction of sp³-hybridized carbons (Fsp3) is 0.194. The molecule has 64 heavy (non-hydrogen) atoms. The van der Waals surface area contributed by atoms with Gasteiger partial charge in [-0.2, -0.15) is 0 Å². The van der Waals surface area contributed by atoms with Crippen LogP contribution in [0.1, 0.15) is 77.9 Å². The van der Waals surface area contributed by atoms with Crippen molar-refractivity contribution >= 4 is 46.3 Å². The first kappa shape index (κ1) is 43.7. The molecule has 0 aliphatic rings. The van der Waals surface area contributed by atoms with Gasteiger partial charge in [0.15, 0.2) is 0 Å². The second-order valence-electron chi connectivity index (χ2n) is 18.3. The molecule has 8 rings (SSSR count). The van der Waals surface area contributed by atoms with Crippen molar-refractivity contribution in [3.05, 3.63) is 223 Å².